The van der Waals surface area contributed by atoms with Gasteiger partial charge in [0.15, 0.2) is 0 Å². The molecular weight excluding hydrogens is 196 g/mol. The van der Waals surface area contributed by atoms with E-state index in [-0.39, 0.29) is 0 Å². The number of rotatable bonds is 3. The molecule has 2 fully saturated rings. The topological polar surface area (TPSA) is 38.4 Å². The summed E-state index contributed by atoms with van der Waals surface area (Å²) in [5, 5.41) is 0. The fraction of sp³-hybridized carbons (Fsp3) is 0.929. The van der Waals surface area contributed by atoms with Crippen molar-refractivity contribution in [3.63, 3.8) is 0 Å². The predicted octanol–water partition coefficient (Wildman–Crippen LogP) is 3.15. The second-order valence-electron chi connectivity index (χ2n) is 5.87. The molecule has 2 N–H and O–H groups in total. The highest BCUT2D eigenvalue weighted by atomic mass is 14.7. The number of nitrogens with two attached hydrogens (primary N) is 1. The highest BCUT2D eigenvalue weighted by Gasteiger charge is 2.25. The Labute approximate surface area is 99.7 Å². The zero-order chi connectivity index (χ0) is 11.4. The minimum Gasteiger partial charge on any atom is -0.328 e. The third kappa shape index (κ3) is 3.31. The average molecular weight is 222 g/mol. The van der Waals surface area contributed by atoms with Gasteiger partial charge in [-0.15, -0.1) is 0 Å². The van der Waals surface area contributed by atoms with Crippen molar-refractivity contribution in [3.8, 4) is 0 Å². The third-order valence-electron chi connectivity index (χ3n) is 4.63. The Bertz CT molecular complexity index is 211. The molecule has 2 heteroatoms. The maximum absolute atomic E-state index is 5.95. The van der Waals surface area contributed by atoms with Crippen LogP contribution in [0.25, 0.3) is 0 Å². The number of nitrogens with zero attached hydrogens (tertiary/aromatic N) is 1. The van der Waals surface area contributed by atoms with Gasteiger partial charge in [0.05, 0.1) is 0 Å². The van der Waals surface area contributed by atoms with E-state index in [9.17, 15) is 0 Å². The Hall–Kier alpha value is -0.370. The largest absolute Gasteiger partial charge is 0.328 e. The van der Waals surface area contributed by atoms with Crippen molar-refractivity contribution in [2.45, 2.75) is 69.9 Å². The summed E-state index contributed by atoms with van der Waals surface area (Å²) in [6, 6.07) is 1.06. The van der Waals surface area contributed by atoms with Gasteiger partial charge >= 0.3 is 0 Å². The highest BCUT2D eigenvalue weighted by Crippen LogP contribution is 2.35. The molecule has 0 unspecified atom stereocenters. The second-order valence-corrected chi connectivity index (χ2v) is 5.87. The third-order valence-corrected chi connectivity index (χ3v) is 4.63. The lowest BCUT2D eigenvalue weighted by molar-refractivity contribution is 0.226. The highest BCUT2D eigenvalue weighted by molar-refractivity contribution is 5.24. The van der Waals surface area contributed by atoms with Crippen LogP contribution in [0.3, 0.4) is 0 Å². The van der Waals surface area contributed by atoms with Gasteiger partial charge in [-0.05, 0) is 76.3 Å². The minimum atomic E-state index is 0.497. The molecule has 2 rings (SSSR count). The van der Waals surface area contributed by atoms with Gasteiger partial charge in [-0.2, -0.15) is 0 Å². The molecule has 0 amide bonds. The van der Waals surface area contributed by atoms with Crippen LogP contribution in [-0.2, 0) is 0 Å². The zero-order valence-electron chi connectivity index (χ0n) is 10.4. The van der Waals surface area contributed by atoms with Crippen molar-refractivity contribution < 1.29 is 0 Å². The lowest BCUT2D eigenvalue weighted by atomic mass is 9.76. The van der Waals surface area contributed by atoms with Crippen molar-refractivity contribution in [1.29, 1.82) is 0 Å². The van der Waals surface area contributed by atoms with Crippen LogP contribution < -0.4 is 5.73 Å². The van der Waals surface area contributed by atoms with Gasteiger partial charge in [0.2, 0.25) is 0 Å². The summed E-state index contributed by atoms with van der Waals surface area (Å²) < 4.78 is 0. The summed E-state index contributed by atoms with van der Waals surface area (Å²) in [6.45, 7) is 3.67. The van der Waals surface area contributed by atoms with Crippen LogP contribution >= 0.6 is 0 Å². The van der Waals surface area contributed by atoms with Gasteiger partial charge in [0.25, 0.3) is 0 Å². The average Bonchev–Trinajstić information content (AvgIpc) is 2.33. The van der Waals surface area contributed by atoms with Crippen LogP contribution in [0.1, 0.15) is 57.8 Å². The summed E-state index contributed by atoms with van der Waals surface area (Å²) in [4.78, 5) is 4.17. The molecule has 16 heavy (non-hydrogen) atoms. The van der Waals surface area contributed by atoms with Crippen LogP contribution in [0, 0.1) is 11.8 Å². The van der Waals surface area contributed by atoms with Gasteiger partial charge in [0.1, 0.15) is 0 Å². The SMILES string of the molecule is C=NC1CCC(CC2CCC(N)CC2)CC1. The zero-order valence-corrected chi connectivity index (χ0v) is 10.4. The van der Waals surface area contributed by atoms with Gasteiger partial charge < -0.3 is 5.73 Å². The van der Waals surface area contributed by atoms with Crippen LogP contribution in [0.4, 0.5) is 0 Å². The lowest BCUT2D eigenvalue weighted by Gasteiger charge is -2.32. The number of hydrogen-bond acceptors (Lipinski definition) is 2. The number of aliphatic imine (C=N–C) groups is 1. The van der Waals surface area contributed by atoms with Crippen LogP contribution in [0.2, 0.25) is 0 Å². The summed E-state index contributed by atoms with van der Waals surface area (Å²) in [5.74, 6) is 1.94. The first-order valence-corrected chi connectivity index (χ1v) is 6.99. The van der Waals surface area contributed by atoms with E-state index in [0.29, 0.717) is 12.1 Å². The summed E-state index contributed by atoms with van der Waals surface area (Å²) in [5.41, 5.74) is 5.95. The molecule has 0 saturated heterocycles. The molecule has 0 radical (unpaired) electrons. The first-order chi connectivity index (χ1) is 7.78. The molecule has 0 aliphatic heterocycles. The molecule has 0 bridgehead atoms. The van der Waals surface area contributed by atoms with E-state index >= 15 is 0 Å². The molecule has 2 aliphatic carbocycles. The Kier molecular flexibility index (Phi) is 4.39. The van der Waals surface area contributed by atoms with Crippen LogP contribution in [0.5, 0.6) is 0 Å². The molecule has 92 valence electrons. The molecule has 0 atom stereocenters. The van der Waals surface area contributed by atoms with Crippen LogP contribution in [0.15, 0.2) is 4.99 Å². The summed E-state index contributed by atoms with van der Waals surface area (Å²) >= 11 is 0. The van der Waals surface area contributed by atoms with Crippen molar-refractivity contribution in [2.75, 3.05) is 0 Å². The standard InChI is InChI=1S/C14H26N2/c1-16-14-8-4-12(5-9-14)10-11-2-6-13(15)7-3-11/h11-14H,1-10,15H2. The van der Waals surface area contributed by atoms with E-state index in [0.717, 1.165) is 11.8 Å². The van der Waals surface area contributed by atoms with Gasteiger partial charge in [-0.3, -0.25) is 4.99 Å². The van der Waals surface area contributed by atoms with Crippen molar-refractivity contribution in [1.82, 2.24) is 0 Å². The first kappa shape index (κ1) is 12.1. The van der Waals surface area contributed by atoms with Gasteiger partial charge in [0, 0.05) is 12.1 Å². The van der Waals surface area contributed by atoms with Crippen molar-refractivity contribution >= 4 is 6.72 Å². The molecule has 0 aromatic heterocycles. The fourth-order valence-electron chi connectivity index (χ4n) is 3.46. The number of hydrogen-bond donors (Lipinski definition) is 1. The molecule has 0 aromatic rings. The smallest absolute Gasteiger partial charge is 0.0492 e. The Morgan fingerprint density at radius 2 is 1.38 bits per heavy atom. The van der Waals surface area contributed by atoms with E-state index in [4.69, 9.17) is 5.73 Å². The van der Waals surface area contributed by atoms with E-state index < -0.39 is 0 Å². The maximum atomic E-state index is 5.95. The quantitative estimate of drug-likeness (QED) is 0.732. The fourth-order valence-corrected chi connectivity index (χ4v) is 3.46. The maximum Gasteiger partial charge on any atom is 0.0492 e. The molecule has 0 aromatic carbocycles. The molecule has 2 aliphatic rings. The molecular formula is C14H26N2. The minimum absolute atomic E-state index is 0.497. The Morgan fingerprint density at radius 1 is 0.875 bits per heavy atom. The van der Waals surface area contributed by atoms with Crippen molar-refractivity contribution in [3.05, 3.63) is 0 Å². The van der Waals surface area contributed by atoms with Gasteiger partial charge in [-0.1, -0.05) is 0 Å². The molecule has 0 spiro atoms. The summed E-state index contributed by atoms with van der Waals surface area (Å²) in [6.07, 6.45) is 12.0. The lowest BCUT2D eigenvalue weighted by Crippen LogP contribution is -2.28. The monoisotopic (exact) mass is 222 g/mol. The van der Waals surface area contributed by atoms with E-state index in [1.165, 1.54) is 57.8 Å². The van der Waals surface area contributed by atoms with Gasteiger partial charge in [-0.25, -0.2) is 0 Å². The van der Waals surface area contributed by atoms with E-state index in [1.807, 2.05) is 0 Å². The van der Waals surface area contributed by atoms with E-state index in [1.54, 1.807) is 0 Å². The summed E-state index contributed by atoms with van der Waals surface area (Å²) in [7, 11) is 0. The van der Waals surface area contributed by atoms with Crippen molar-refractivity contribution in [2.24, 2.45) is 22.6 Å². The molecule has 2 saturated carbocycles. The Morgan fingerprint density at radius 3 is 1.88 bits per heavy atom. The second kappa shape index (κ2) is 5.81. The molecule has 0 heterocycles. The van der Waals surface area contributed by atoms with Crippen LogP contribution in [-0.4, -0.2) is 18.8 Å². The first-order valence-electron chi connectivity index (χ1n) is 6.99. The Balaban J connectivity index is 1.68. The normalized spacial score (nSPS) is 40.6. The van der Waals surface area contributed by atoms with E-state index in [2.05, 4.69) is 11.7 Å². The predicted molar refractivity (Wildman–Crippen MR) is 69.8 cm³/mol. The molecule has 2 nitrogen and oxygen atoms in total.